The summed E-state index contributed by atoms with van der Waals surface area (Å²) in [6.45, 7) is 0. The number of hydrogen-bond donors (Lipinski definition) is 1. The quantitative estimate of drug-likeness (QED) is 0.496. The van der Waals surface area contributed by atoms with Crippen molar-refractivity contribution in [3.8, 4) is 0 Å². The van der Waals surface area contributed by atoms with Gasteiger partial charge in [0.15, 0.2) is 0 Å². The van der Waals surface area contributed by atoms with Gasteiger partial charge in [-0.1, -0.05) is 72.8 Å². The first-order chi connectivity index (χ1) is 17.5. The fraction of sp³-hybridized carbons (Fsp3) is 0.452. The molecule has 5 heteroatoms. The summed E-state index contributed by atoms with van der Waals surface area (Å²) in [4.78, 5) is 41.6. The van der Waals surface area contributed by atoms with Crippen molar-refractivity contribution in [3.63, 3.8) is 0 Å². The molecule has 36 heavy (non-hydrogen) atoms. The monoisotopic (exact) mass is 480 g/mol. The minimum absolute atomic E-state index is 0.109. The Hall–Kier alpha value is -3.21. The summed E-state index contributed by atoms with van der Waals surface area (Å²) >= 11 is 0. The Balaban J connectivity index is 1.22. The molecule has 0 aromatic heterocycles. The van der Waals surface area contributed by atoms with Crippen LogP contribution in [-0.2, 0) is 14.4 Å². The summed E-state index contributed by atoms with van der Waals surface area (Å²) in [5.41, 5.74) is 4.52. The lowest BCUT2D eigenvalue weighted by Crippen LogP contribution is -2.58. The van der Waals surface area contributed by atoms with Crippen molar-refractivity contribution < 1.29 is 14.4 Å². The third-order valence-electron chi connectivity index (χ3n) is 9.80. The maximum atomic E-state index is 13.9. The van der Waals surface area contributed by atoms with Gasteiger partial charge in [-0.15, -0.1) is 0 Å². The van der Waals surface area contributed by atoms with Crippen LogP contribution >= 0.6 is 0 Å². The van der Waals surface area contributed by atoms with Gasteiger partial charge in [0.25, 0.3) is 11.8 Å². The normalized spacial score (nSPS) is 38.3. The number of carbonyl (C=O) groups excluding carboxylic acids is 3. The van der Waals surface area contributed by atoms with Crippen molar-refractivity contribution in [1.82, 2.24) is 10.4 Å². The molecule has 0 radical (unpaired) electrons. The van der Waals surface area contributed by atoms with Crippen LogP contribution in [0.3, 0.4) is 0 Å². The van der Waals surface area contributed by atoms with Gasteiger partial charge < -0.3 is 0 Å². The highest BCUT2D eigenvalue weighted by atomic mass is 16.2. The van der Waals surface area contributed by atoms with Crippen LogP contribution in [0.15, 0.2) is 72.8 Å². The van der Waals surface area contributed by atoms with E-state index in [1.807, 2.05) is 60.7 Å². The summed E-state index contributed by atoms with van der Waals surface area (Å²) in [6.07, 6.45) is 10.6. The van der Waals surface area contributed by atoms with E-state index in [0.717, 1.165) is 35.4 Å². The number of nitrogens with one attached hydrogen (secondary N) is 1. The molecule has 5 nitrogen and oxygen atoms in total. The molecule has 4 atom stereocenters. The van der Waals surface area contributed by atoms with Crippen molar-refractivity contribution in [2.75, 3.05) is 0 Å². The molecule has 1 N–H and O–H groups in total. The average molecular weight is 481 g/mol. The van der Waals surface area contributed by atoms with E-state index in [-0.39, 0.29) is 29.6 Å². The lowest BCUT2D eigenvalue weighted by atomic mass is 9.49. The number of fused-ring (bicyclic) bond motifs is 1. The van der Waals surface area contributed by atoms with E-state index in [1.165, 1.54) is 19.3 Å². The Morgan fingerprint density at radius 2 is 1.11 bits per heavy atom. The first-order valence-electron chi connectivity index (χ1n) is 13.5. The molecule has 5 aliphatic carbocycles. The van der Waals surface area contributed by atoms with Gasteiger partial charge in [0.2, 0.25) is 5.91 Å². The summed E-state index contributed by atoms with van der Waals surface area (Å²) in [7, 11) is 0. The highest BCUT2D eigenvalue weighted by Gasteiger charge is 2.59. The third kappa shape index (κ3) is 3.31. The molecule has 3 amide bonds. The predicted molar refractivity (Wildman–Crippen MR) is 135 cm³/mol. The number of nitrogens with zero attached hydrogens (tertiary/aromatic N) is 1. The fourth-order valence-electron chi connectivity index (χ4n) is 8.65. The second-order valence-corrected chi connectivity index (χ2v) is 12.0. The van der Waals surface area contributed by atoms with E-state index in [0.29, 0.717) is 17.8 Å². The number of amides is 3. The van der Waals surface area contributed by atoms with E-state index >= 15 is 0 Å². The molecule has 4 bridgehead atoms. The Labute approximate surface area is 211 Å². The van der Waals surface area contributed by atoms with Crippen molar-refractivity contribution in [2.24, 2.45) is 35.0 Å². The molecule has 4 saturated carbocycles. The predicted octanol–water partition coefficient (Wildman–Crippen LogP) is 4.97. The Kier molecular flexibility index (Phi) is 4.99. The molecular weight excluding hydrogens is 448 g/mol. The highest BCUT2D eigenvalue weighted by molar-refractivity contribution is 6.08. The number of hydrogen-bond acceptors (Lipinski definition) is 3. The topological polar surface area (TPSA) is 66.5 Å². The molecular formula is C31H32N2O3. The number of rotatable bonds is 4. The number of hydrazine groups is 1. The molecule has 2 aromatic rings. The molecule has 8 rings (SSSR count). The number of benzene rings is 2. The lowest BCUT2D eigenvalue weighted by molar-refractivity contribution is -0.160. The van der Waals surface area contributed by atoms with Crippen LogP contribution in [0.5, 0.6) is 0 Å². The van der Waals surface area contributed by atoms with Crippen molar-refractivity contribution in [1.29, 1.82) is 0 Å². The standard InChI is InChI=1S/C31H32N2O3/c34-28-26-24(22-7-3-1-4-8-22)11-12-25(23-9-5-2-6-10-23)27(26)29(35)33(28)32-30(36)31-16-19-13-20(17-31)15-21(14-19)18-31/h1-12,19-21,24-27H,13-18H2,(H,32,36). The van der Waals surface area contributed by atoms with Gasteiger partial charge in [0.1, 0.15) is 0 Å². The molecule has 1 aliphatic heterocycles. The largest absolute Gasteiger partial charge is 0.273 e. The Bertz CT molecular complexity index is 1130. The van der Waals surface area contributed by atoms with Gasteiger partial charge in [0, 0.05) is 11.8 Å². The molecule has 1 saturated heterocycles. The molecule has 1 heterocycles. The zero-order valence-electron chi connectivity index (χ0n) is 20.4. The van der Waals surface area contributed by atoms with Crippen LogP contribution < -0.4 is 5.43 Å². The van der Waals surface area contributed by atoms with Crippen LogP contribution in [0, 0.1) is 35.0 Å². The molecule has 0 spiro atoms. The molecule has 6 aliphatic rings. The van der Waals surface area contributed by atoms with E-state index in [4.69, 9.17) is 0 Å². The number of imide groups is 1. The SMILES string of the molecule is O=C1C2C(c3ccccc3)C=CC(c3ccccc3)C2C(=O)N1NC(=O)C12CC3CC(CC(C3)C1)C2. The van der Waals surface area contributed by atoms with Gasteiger partial charge in [-0.25, -0.2) is 0 Å². The van der Waals surface area contributed by atoms with E-state index in [1.54, 1.807) is 0 Å². The first kappa shape index (κ1) is 22.0. The Morgan fingerprint density at radius 3 is 1.53 bits per heavy atom. The summed E-state index contributed by atoms with van der Waals surface area (Å²) in [5.74, 6) is -0.287. The van der Waals surface area contributed by atoms with Crippen LogP contribution in [0.25, 0.3) is 0 Å². The lowest BCUT2D eigenvalue weighted by Gasteiger charge is -2.55. The fourth-order valence-corrected chi connectivity index (χ4v) is 8.65. The van der Waals surface area contributed by atoms with E-state index < -0.39 is 17.3 Å². The van der Waals surface area contributed by atoms with E-state index in [9.17, 15) is 14.4 Å². The third-order valence-corrected chi connectivity index (χ3v) is 9.80. The first-order valence-corrected chi connectivity index (χ1v) is 13.5. The smallest absolute Gasteiger partial charge is 0.253 e. The minimum atomic E-state index is -0.535. The van der Waals surface area contributed by atoms with Gasteiger partial charge in [-0.3, -0.25) is 19.8 Å². The summed E-state index contributed by atoms with van der Waals surface area (Å²) in [6, 6.07) is 19.9. The summed E-state index contributed by atoms with van der Waals surface area (Å²) in [5, 5.41) is 1.11. The van der Waals surface area contributed by atoms with E-state index in [2.05, 4.69) is 17.6 Å². The zero-order valence-corrected chi connectivity index (χ0v) is 20.4. The second-order valence-electron chi connectivity index (χ2n) is 12.0. The molecule has 2 aromatic carbocycles. The van der Waals surface area contributed by atoms with Crippen molar-refractivity contribution >= 4 is 17.7 Å². The van der Waals surface area contributed by atoms with Crippen molar-refractivity contribution in [3.05, 3.63) is 83.9 Å². The zero-order chi connectivity index (χ0) is 24.4. The van der Waals surface area contributed by atoms with Gasteiger partial charge in [-0.2, -0.15) is 5.01 Å². The summed E-state index contributed by atoms with van der Waals surface area (Å²) < 4.78 is 0. The Morgan fingerprint density at radius 1 is 0.694 bits per heavy atom. The molecule has 184 valence electrons. The second kappa shape index (κ2) is 8.16. The van der Waals surface area contributed by atoms with Crippen LogP contribution in [0.1, 0.15) is 61.5 Å². The van der Waals surface area contributed by atoms with Crippen LogP contribution in [-0.4, -0.2) is 22.7 Å². The number of allylic oxidation sites excluding steroid dienone is 2. The van der Waals surface area contributed by atoms with Gasteiger partial charge in [0.05, 0.1) is 17.3 Å². The van der Waals surface area contributed by atoms with Crippen molar-refractivity contribution in [2.45, 2.75) is 50.4 Å². The van der Waals surface area contributed by atoms with Gasteiger partial charge in [-0.05, 0) is 67.4 Å². The molecule has 5 fully saturated rings. The molecule has 4 unspecified atom stereocenters. The van der Waals surface area contributed by atoms with Crippen LogP contribution in [0.4, 0.5) is 0 Å². The minimum Gasteiger partial charge on any atom is -0.273 e. The number of carbonyl (C=O) groups is 3. The van der Waals surface area contributed by atoms with Crippen LogP contribution in [0.2, 0.25) is 0 Å². The maximum absolute atomic E-state index is 13.9. The highest BCUT2D eigenvalue weighted by Crippen LogP contribution is 2.60. The van der Waals surface area contributed by atoms with Gasteiger partial charge >= 0.3 is 0 Å². The average Bonchev–Trinajstić information content (AvgIpc) is 3.14. The maximum Gasteiger partial charge on any atom is 0.253 e.